The van der Waals surface area contributed by atoms with Crippen molar-refractivity contribution in [3.63, 3.8) is 0 Å². The van der Waals surface area contributed by atoms with Crippen LogP contribution in [0.5, 0.6) is 5.88 Å². The van der Waals surface area contributed by atoms with Crippen molar-refractivity contribution in [1.82, 2.24) is 9.97 Å². The number of hydrogen-bond acceptors (Lipinski definition) is 5. The van der Waals surface area contributed by atoms with Crippen molar-refractivity contribution in [3.8, 4) is 5.88 Å². The molecular weight excluding hydrogens is 240 g/mol. The molecule has 0 aromatic carbocycles. The highest BCUT2D eigenvalue weighted by Gasteiger charge is 2.44. The van der Waals surface area contributed by atoms with E-state index in [1.54, 1.807) is 19.4 Å². The van der Waals surface area contributed by atoms with Gasteiger partial charge in [0.15, 0.2) is 5.16 Å². The van der Waals surface area contributed by atoms with Gasteiger partial charge in [0.1, 0.15) is 0 Å². The molecule has 1 aliphatic carbocycles. The maximum absolute atomic E-state index is 10.7. The van der Waals surface area contributed by atoms with E-state index < -0.39 is 5.97 Å². The van der Waals surface area contributed by atoms with Crippen LogP contribution in [0.25, 0.3) is 0 Å². The molecule has 1 saturated carbocycles. The predicted molar refractivity (Wildman–Crippen MR) is 63.2 cm³/mol. The van der Waals surface area contributed by atoms with E-state index >= 15 is 0 Å². The number of methoxy groups -OCH3 is 1. The zero-order chi connectivity index (χ0) is 12.3. The minimum absolute atomic E-state index is 0.0388. The minimum Gasteiger partial charge on any atom is -0.481 e. The lowest BCUT2D eigenvalue weighted by Crippen LogP contribution is -2.11. The summed E-state index contributed by atoms with van der Waals surface area (Å²) in [6.07, 6.45) is 3.85. The zero-order valence-corrected chi connectivity index (χ0v) is 10.4. The molecule has 0 aliphatic heterocycles. The quantitative estimate of drug-likeness (QED) is 0.617. The Morgan fingerprint density at radius 3 is 3.00 bits per heavy atom. The van der Waals surface area contributed by atoms with Gasteiger partial charge in [0.25, 0.3) is 0 Å². The number of carbonyl (C=O) groups is 1. The van der Waals surface area contributed by atoms with Crippen LogP contribution in [-0.2, 0) is 4.79 Å². The van der Waals surface area contributed by atoms with Crippen LogP contribution >= 0.6 is 11.8 Å². The fourth-order valence-electron chi connectivity index (χ4n) is 1.60. The summed E-state index contributed by atoms with van der Waals surface area (Å²) in [5.74, 6) is 0.562. The molecule has 0 saturated heterocycles. The average Bonchev–Trinajstić information content (AvgIpc) is 3.06. The Morgan fingerprint density at radius 1 is 1.65 bits per heavy atom. The van der Waals surface area contributed by atoms with Gasteiger partial charge in [0.2, 0.25) is 5.88 Å². The molecule has 0 amide bonds. The van der Waals surface area contributed by atoms with Gasteiger partial charge in [-0.1, -0.05) is 11.8 Å². The van der Waals surface area contributed by atoms with E-state index in [2.05, 4.69) is 9.97 Å². The van der Waals surface area contributed by atoms with Crippen LogP contribution in [0.1, 0.15) is 19.3 Å². The molecule has 0 radical (unpaired) electrons. The van der Waals surface area contributed by atoms with Crippen LogP contribution in [0.15, 0.2) is 17.4 Å². The van der Waals surface area contributed by atoms with E-state index in [0.717, 1.165) is 18.6 Å². The van der Waals surface area contributed by atoms with E-state index in [0.29, 0.717) is 11.0 Å². The van der Waals surface area contributed by atoms with E-state index in [-0.39, 0.29) is 11.8 Å². The number of rotatable bonds is 6. The van der Waals surface area contributed by atoms with Crippen molar-refractivity contribution in [2.75, 3.05) is 12.9 Å². The van der Waals surface area contributed by atoms with Crippen LogP contribution < -0.4 is 4.74 Å². The number of hydrogen-bond donors (Lipinski definition) is 1. The molecule has 1 fully saturated rings. The first-order valence-corrected chi connectivity index (χ1v) is 6.34. The monoisotopic (exact) mass is 254 g/mol. The Hall–Kier alpha value is -1.30. The Kier molecular flexibility index (Phi) is 3.51. The second-order valence-corrected chi connectivity index (χ2v) is 5.18. The Labute approximate surface area is 104 Å². The molecule has 1 aromatic heterocycles. The van der Waals surface area contributed by atoms with E-state index in [4.69, 9.17) is 9.84 Å². The summed E-state index contributed by atoms with van der Waals surface area (Å²) in [6.45, 7) is 0. The lowest BCUT2D eigenvalue weighted by Gasteiger charge is -2.10. The van der Waals surface area contributed by atoms with Crippen molar-refractivity contribution in [1.29, 1.82) is 0 Å². The maximum atomic E-state index is 10.7. The fraction of sp³-hybridized carbons (Fsp3) is 0.545. The highest BCUT2D eigenvalue weighted by atomic mass is 32.2. The summed E-state index contributed by atoms with van der Waals surface area (Å²) in [5, 5.41) is 9.45. The first kappa shape index (κ1) is 12.2. The highest BCUT2D eigenvalue weighted by molar-refractivity contribution is 7.99. The number of carboxylic acid groups (broad SMARTS) is 1. The van der Waals surface area contributed by atoms with E-state index in [1.165, 1.54) is 11.8 Å². The molecule has 5 nitrogen and oxygen atoms in total. The average molecular weight is 254 g/mol. The summed E-state index contributed by atoms with van der Waals surface area (Å²) in [7, 11) is 1.56. The Morgan fingerprint density at radius 2 is 2.41 bits per heavy atom. The van der Waals surface area contributed by atoms with Crippen molar-refractivity contribution >= 4 is 17.7 Å². The number of ether oxygens (including phenoxy) is 1. The SMILES string of the molecule is COc1ccnc(SCC2(CC(=O)O)CC2)n1. The third kappa shape index (κ3) is 3.33. The van der Waals surface area contributed by atoms with Crippen molar-refractivity contribution < 1.29 is 14.6 Å². The second-order valence-electron chi connectivity index (χ2n) is 4.24. The van der Waals surface area contributed by atoms with Crippen LogP contribution in [0.2, 0.25) is 0 Å². The largest absolute Gasteiger partial charge is 0.481 e. The van der Waals surface area contributed by atoms with Gasteiger partial charge in [-0.25, -0.2) is 4.98 Å². The van der Waals surface area contributed by atoms with Gasteiger partial charge in [-0.15, -0.1) is 0 Å². The summed E-state index contributed by atoms with van der Waals surface area (Å²) in [6, 6.07) is 1.69. The number of carboxylic acids is 1. The molecular formula is C11H14N2O3S. The number of nitrogens with zero attached hydrogens (tertiary/aromatic N) is 2. The van der Waals surface area contributed by atoms with E-state index in [1.807, 2.05) is 0 Å². The first-order chi connectivity index (χ1) is 8.13. The standard InChI is InChI=1S/C11H14N2O3S/c1-16-8-2-5-12-10(13-8)17-7-11(3-4-11)6-9(14)15/h2,5H,3-4,6-7H2,1H3,(H,14,15). The van der Waals surface area contributed by atoms with Crippen LogP contribution in [0, 0.1) is 5.41 Å². The van der Waals surface area contributed by atoms with Gasteiger partial charge < -0.3 is 9.84 Å². The number of aromatic nitrogens is 2. The highest BCUT2D eigenvalue weighted by Crippen LogP contribution is 2.51. The molecule has 92 valence electrons. The summed E-state index contributed by atoms with van der Waals surface area (Å²) in [4.78, 5) is 19.0. The number of thioether (sulfide) groups is 1. The van der Waals surface area contributed by atoms with Gasteiger partial charge in [-0.2, -0.15) is 4.98 Å². The maximum Gasteiger partial charge on any atom is 0.303 e. The third-order valence-corrected chi connectivity index (χ3v) is 4.02. The normalized spacial score (nSPS) is 16.5. The lowest BCUT2D eigenvalue weighted by atomic mass is 10.1. The van der Waals surface area contributed by atoms with Crippen molar-refractivity contribution in [2.24, 2.45) is 5.41 Å². The molecule has 1 heterocycles. The molecule has 0 bridgehead atoms. The summed E-state index contributed by atoms with van der Waals surface area (Å²) >= 11 is 1.50. The molecule has 1 aromatic rings. The summed E-state index contributed by atoms with van der Waals surface area (Å²) in [5.41, 5.74) is -0.0388. The minimum atomic E-state index is -0.727. The fourth-order valence-corrected chi connectivity index (χ4v) is 2.71. The van der Waals surface area contributed by atoms with Crippen molar-refractivity contribution in [2.45, 2.75) is 24.4 Å². The summed E-state index contributed by atoms with van der Waals surface area (Å²) < 4.78 is 5.01. The van der Waals surface area contributed by atoms with Crippen molar-refractivity contribution in [3.05, 3.63) is 12.3 Å². The second kappa shape index (κ2) is 4.91. The predicted octanol–water partition coefficient (Wildman–Crippen LogP) is 1.83. The van der Waals surface area contributed by atoms with Gasteiger partial charge >= 0.3 is 5.97 Å². The first-order valence-electron chi connectivity index (χ1n) is 5.35. The molecule has 1 aliphatic rings. The molecule has 0 unspecified atom stereocenters. The Bertz CT molecular complexity index is 421. The van der Waals surface area contributed by atoms with Gasteiger partial charge in [-0.05, 0) is 18.3 Å². The molecule has 2 rings (SSSR count). The Balaban J connectivity index is 1.91. The molecule has 6 heteroatoms. The van der Waals surface area contributed by atoms with Crippen LogP contribution in [0.3, 0.4) is 0 Å². The lowest BCUT2D eigenvalue weighted by molar-refractivity contribution is -0.138. The molecule has 17 heavy (non-hydrogen) atoms. The molecule has 0 atom stereocenters. The number of aliphatic carboxylic acids is 1. The van der Waals surface area contributed by atoms with E-state index in [9.17, 15) is 4.79 Å². The molecule has 0 spiro atoms. The third-order valence-electron chi connectivity index (χ3n) is 2.81. The zero-order valence-electron chi connectivity index (χ0n) is 9.55. The smallest absolute Gasteiger partial charge is 0.303 e. The van der Waals surface area contributed by atoms with Gasteiger partial charge in [0.05, 0.1) is 13.5 Å². The van der Waals surface area contributed by atoms with Crippen LogP contribution in [0.4, 0.5) is 0 Å². The van der Waals surface area contributed by atoms with Gasteiger partial charge in [-0.3, -0.25) is 4.79 Å². The molecule has 1 N–H and O–H groups in total. The topological polar surface area (TPSA) is 72.3 Å². The van der Waals surface area contributed by atoms with Gasteiger partial charge in [0, 0.05) is 18.0 Å². The van der Waals surface area contributed by atoms with Crippen LogP contribution in [-0.4, -0.2) is 33.9 Å².